The van der Waals surface area contributed by atoms with E-state index in [1.807, 2.05) is 0 Å². The van der Waals surface area contributed by atoms with E-state index in [2.05, 4.69) is 15.9 Å². The third-order valence-corrected chi connectivity index (χ3v) is 4.09. The molecule has 0 aliphatic rings. The van der Waals surface area contributed by atoms with Crippen molar-refractivity contribution in [3.05, 3.63) is 0 Å². The Bertz CT molecular complexity index is 195. The molecule has 0 aliphatic heterocycles. The summed E-state index contributed by atoms with van der Waals surface area (Å²) in [7, 11) is 0. The minimum atomic E-state index is -0.656. The van der Waals surface area contributed by atoms with E-state index in [-0.39, 0.29) is 0 Å². The van der Waals surface area contributed by atoms with Crippen LogP contribution >= 0.6 is 15.9 Å². The second kappa shape index (κ2) is 16.0. The van der Waals surface area contributed by atoms with E-state index in [4.69, 9.17) is 5.11 Å². The molecule has 0 amide bonds. The van der Waals surface area contributed by atoms with Gasteiger partial charge in [0.15, 0.2) is 0 Å². The standard InChI is InChI=1S/C16H31BrO2/c17-15-13-11-9-7-5-3-1-2-4-6-8-10-12-14-16(18)19/h1-15H2,(H,18,19). The van der Waals surface area contributed by atoms with E-state index in [9.17, 15) is 4.79 Å². The van der Waals surface area contributed by atoms with Gasteiger partial charge in [0.2, 0.25) is 0 Å². The first kappa shape index (κ1) is 18.9. The van der Waals surface area contributed by atoms with Gasteiger partial charge in [-0.05, 0) is 12.8 Å². The molecular weight excluding hydrogens is 304 g/mol. The molecule has 0 rings (SSSR count). The lowest BCUT2D eigenvalue weighted by atomic mass is 10.0. The Morgan fingerprint density at radius 2 is 0.947 bits per heavy atom. The van der Waals surface area contributed by atoms with Crippen molar-refractivity contribution in [3.63, 3.8) is 0 Å². The molecule has 0 unspecified atom stereocenters. The molecule has 0 spiro atoms. The van der Waals surface area contributed by atoms with Crippen molar-refractivity contribution < 1.29 is 9.90 Å². The number of hydrogen-bond donors (Lipinski definition) is 1. The molecule has 0 aromatic rings. The normalized spacial score (nSPS) is 10.8. The monoisotopic (exact) mass is 334 g/mol. The van der Waals surface area contributed by atoms with Crippen LogP contribution in [-0.4, -0.2) is 16.4 Å². The Morgan fingerprint density at radius 3 is 1.26 bits per heavy atom. The van der Waals surface area contributed by atoms with Crippen LogP contribution in [0.25, 0.3) is 0 Å². The lowest BCUT2D eigenvalue weighted by molar-refractivity contribution is -0.137. The second-order valence-corrected chi connectivity index (χ2v) is 6.22. The maximum Gasteiger partial charge on any atom is 0.303 e. The Labute approximate surface area is 127 Å². The predicted octanol–water partition coefficient (Wildman–Crippen LogP) is 5.93. The van der Waals surface area contributed by atoms with Crippen molar-refractivity contribution in [2.24, 2.45) is 0 Å². The summed E-state index contributed by atoms with van der Waals surface area (Å²) in [4.78, 5) is 10.3. The maximum atomic E-state index is 10.3. The quantitative estimate of drug-likeness (QED) is 0.297. The van der Waals surface area contributed by atoms with E-state index in [1.165, 1.54) is 70.6 Å². The summed E-state index contributed by atoms with van der Waals surface area (Å²) in [5.41, 5.74) is 0. The van der Waals surface area contributed by atoms with Gasteiger partial charge >= 0.3 is 5.97 Å². The second-order valence-electron chi connectivity index (χ2n) is 5.43. The van der Waals surface area contributed by atoms with Crippen LogP contribution in [0.2, 0.25) is 0 Å². The SMILES string of the molecule is O=C(O)CCCCCCCCCCCCCCCBr. The molecule has 19 heavy (non-hydrogen) atoms. The van der Waals surface area contributed by atoms with Gasteiger partial charge in [0, 0.05) is 11.8 Å². The topological polar surface area (TPSA) is 37.3 Å². The Balaban J connectivity index is 2.93. The average Bonchev–Trinajstić information content (AvgIpc) is 2.39. The molecule has 0 radical (unpaired) electrons. The van der Waals surface area contributed by atoms with Gasteiger partial charge in [0.1, 0.15) is 0 Å². The van der Waals surface area contributed by atoms with Gasteiger partial charge in [-0.15, -0.1) is 0 Å². The van der Waals surface area contributed by atoms with Gasteiger partial charge in [-0.3, -0.25) is 4.79 Å². The van der Waals surface area contributed by atoms with E-state index in [0.29, 0.717) is 6.42 Å². The maximum absolute atomic E-state index is 10.3. The summed E-state index contributed by atoms with van der Waals surface area (Å²) in [6.07, 6.45) is 17.1. The van der Waals surface area contributed by atoms with Gasteiger partial charge < -0.3 is 5.11 Å². The number of carboxylic acid groups (broad SMARTS) is 1. The van der Waals surface area contributed by atoms with Gasteiger partial charge in [-0.25, -0.2) is 0 Å². The minimum Gasteiger partial charge on any atom is -0.481 e. The van der Waals surface area contributed by atoms with Crippen LogP contribution < -0.4 is 0 Å². The molecule has 2 nitrogen and oxygen atoms in total. The Kier molecular flexibility index (Phi) is 16.0. The molecule has 0 atom stereocenters. The first-order valence-electron chi connectivity index (χ1n) is 8.05. The minimum absolute atomic E-state index is 0.342. The van der Waals surface area contributed by atoms with Crippen LogP contribution in [0, 0.1) is 0 Å². The van der Waals surface area contributed by atoms with E-state index in [1.54, 1.807) is 0 Å². The number of carbonyl (C=O) groups is 1. The van der Waals surface area contributed by atoms with Gasteiger partial charge in [-0.2, -0.15) is 0 Å². The van der Waals surface area contributed by atoms with Crippen LogP contribution in [0.15, 0.2) is 0 Å². The zero-order valence-electron chi connectivity index (χ0n) is 12.3. The lowest BCUT2D eigenvalue weighted by Gasteiger charge is -2.02. The number of unbranched alkanes of at least 4 members (excludes halogenated alkanes) is 12. The summed E-state index contributed by atoms with van der Waals surface area (Å²) in [5.74, 6) is -0.656. The molecule has 3 heteroatoms. The number of rotatable bonds is 15. The lowest BCUT2D eigenvalue weighted by Crippen LogP contribution is -1.93. The summed E-state index contributed by atoms with van der Waals surface area (Å²) in [5, 5.41) is 9.65. The first-order chi connectivity index (χ1) is 9.27. The predicted molar refractivity (Wildman–Crippen MR) is 86.1 cm³/mol. The van der Waals surface area contributed by atoms with Gasteiger partial charge in [0.25, 0.3) is 0 Å². The highest BCUT2D eigenvalue weighted by Crippen LogP contribution is 2.13. The van der Waals surface area contributed by atoms with Crippen molar-refractivity contribution in [1.82, 2.24) is 0 Å². The largest absolute Gasteiger partial charge is 0.481 e. The van der Waals surface area contributed by atoms with E-state index >= 15 is 0 Å². The fourth-order valence-electron chi connectivity index (χ4n) is 2.32. The van der Waals surface area contributed by atoms with Crippen molar-refractivity contribution >= 4 is 21.9 Å². The molecule has 0 heterocycles. The van der Waals surface area contributed by atoms with Crippen LogP contribution in [0.5, 0.6) is 0 Å². The highest BCUT2D eigenvalue weighted by Gasteiger charge is 1.96. The van der Waals surface area contributed by atoms with Gasteiger partial charge in [-0.1, -0.05) is 86.6 Å². The fraction of sp³-hybridized carbons (Fsp3) is 0.938. The van der Waals surface area contributed by atoms with Crippen molar-refractivity contribution in [2.45, 2.75) is 89.9 Å². The van der Waals surface area contributed by atoms with Crippen LogP contribution in [0.1, 0.15) is 89.9 Å². The van der Waals surface area contributed by atoms with Crippen molar-refractivity contribution in [2.75, 3.05) is 5.33 Å². The molecule has 0 bridgehead atoms. The fourth-order valence-corrected chi connectivity index (χ4v) is 2.71. The summed E-state index contributed by atoms with van der Waals surface area (Å²) < 4.78 is 0. The smallest absolute Gasteiger partial charge is 0.303 e. The zero-order valence-corrected chi connectivity index (χ0v) is 13.9. The molecule has 0 saturated heterocycles. The third kappa shape index (κ3) is 17.9. The van der Waals surface area contributed by atoms with Crippen LogP contribution in [0.3, 0.4) is 0 Å². The Hall–Kier alpha value is -0.0500. The number of alkyl halides is 1. The summed E-state index contributed by atoms with van der Waals surface area (Å²) in [6.45, 7) is 0. The van der Waals surface area contributed by atoms with Crippen LogP contribution in [0.4, 0.5) is 0 Å². The molecule has 0 aromatic heterocycles. The first-order valence-corrected chi connectivity index (χ1v) is 9.17. The van der Waals surface area contributed by atoms with E-state index < -0.39 is 5.97 Å². The highest BCUT2D eigenvalue weighted by atomic mass is 79.9. The summed E-state index contributed by atoms with van der Waals surface area (Å²) in [6, 6.07) is 0. The summed E-state index contributed by atoms with van der Waals surface area (Å²) >= 11 is 3.46. The van der Waals surface area contributed by atoms with E-state index in [0.717, 1.165) is 18.2 Å². The molecular formula is C16H31BrO2. The molecule has 114 valence electrons. The van der Waals surface area contributed by atoms with Crippen LogP contribution in [-0.2, 0) is 4.79 Å². The number of halogens is 1. The Morgan fingerprint density at radius 1 is 0.632 bits per heavy atom. The molecule has 0 aromatic carbocycles. The van der Waals surface area contributed by atoms with Crippen molar-refractivity contribution in [1.29, 1.82) is 0 Å². The van der Waals surface area contributed by atoms with Gasteiger partial charge in [0.05, 0.1) is 0 Å². The molecule has 1 N–H and O–H groups in total. The highest BCUT2D eigenvalue weighted by molar-refractivity contribution is 9.09. The molecule has 0 fully saturated rings. The number of carboxylic acids is 1. The van der Waals surface area contributed by atoms with Crippen molar-refractivity contribution in [3.8, 4) is 0 Å². The molecule has 0 aliphatic carbocycles. The average molecular weight is 335 g/mol. The third-order valence-electron chi connectivity index (χ3n) is 3.52. The number of aliphatic carboxylic acids is 1. The zero-order chi connectivity index (χ0) is 14.2. The molecule has 0 saturated carbocycles. The number of hydrogen-bond acceptors (Lipinski definition) is 1.